The second-order valence-corrected chi connectivity index (χ2v) is 7.99. The lowest BCUT2D eigenvalue weighted by Gasteiger charge is -2.23. The van der Waals surface area contributed by atoms with Gasteiger partial charge in [-0.15, -0.1) is 0 Å². The minimum atomic E-state index is -3.17. The number of hydrogen-bond acceptors (Lipinski definition) is 3. The molecule has 0 saturated heterocycles. The second kappa shape index (κ2) is 5.25. The standard InChI is InChI=1S/C11H22N2O3S/c1-11(2,17(3,15)16)8-12-10(14)13-9-6-4-5-7-9/h9H,4-8H2,1-3H3,(H2,12,13,14). The molecule has 1 aliphatic carbocycles. The smallest absolute Gasteiger partial charge is 0.315 e. The molecule has 1 rings (SSSR count). The number of hydrogen-bond donors (Lipinski definition) is 2. The van der Waals surface area contributed by atoms with Gasteiger partial charge in [0, 0.05) is 18.8 Å². The van der Waals surface area contributed by atoms with E-state index in [1.54, 1.807) is 13.8 Å². The highest BCUT2D eigenvalue weighted by molar-refractivity contribution is 7.92. The molecule has 0 aromatic heterocycles. The minimum Gasteiger partial charge on any atom is -0.337 e. The zero-order chi connectivity index (χ0) is 13.1. The summed E-state index contributed by atoms with van der Waals surface area (Å²) in [5, 5.41) is 5.49. The van der Waals surface area contributed by atoms with Crippen LogP contribution in [0.1, 0.15) is 39.5 Å². The summed E-state index contributed by atoms with van der Waals surface area (Å²) in [6, 6.07) is -0.0232. The average Bonchev–Trinajstić information content (AvgIpc) is 2.66. The Balaban J connectivity index is 2.37. The number of urea groups is 1. The van der Waals surface area contributed by atoms with Crippen molar-refractivity contribution in [2.24, 2.45) is 0 Å². The van der Waals surface area contributed by atoms with Gasteiger partial charge in [0.05, 0.1) is 4.75 Å². The quantitative estimate of drug-likeness (QED) is 0.795. The Labute approximate surface area is 103 Å². The summed E-state index contributed by atoms with van der Waals surface area (Å²) in [5.74, 6) is 0. The van der Waals surface area contributed by atoms with E-state index in [0.29, 0.717) is 0 Å². The largest absolute Gasteiger partial charge is 0.337 e. The van der Waals surface area contributed by atoms with Gasteiger partial charge in [0.15, 0.2) is 9.84 Å². The molecule has 0 aromatic rings. The lowest BCUT2D eigenvalue weighted by Crippen LogP contribution is -2.48. The molecule has 0 aromatic carbocycles. The van der Waals surface area contributed by atoms with Crippen molar-refractivity contribution < 1.29 is 13.2 Å². The zero-order valence-corrected chi connectivity index (χ0v) is 11.6. The number of carbonyl (C=O) groups is 1. The van der Waals surface area contributed by atoms with Crippen LogP contribution in [0.5, 0.6) is 0 Å². The molecular weight excluding hydrogens is 240 g/mol. The fraction of sp³-hybridized carbons (Fsp3) is 0.909. The first-order valence-electron chi connectivity index (χ1n) is 5.96. The number of carbonyl (C=O) groups excluding carboxylic acids is 1. The molecule has 0 bridgehead atoms. The summed E-state index contributed by atoms with van der Waals surface area (Å²) in [6.07, 6.45) is 5.52. The molecule has 1 aliphatic rings. The summed E-state index contributed by atoms with van der Waals surface area (Å²) in [5.41, 5.74) is 0. The van der Waals surface area contributed by atoms with E-state index in [9.17, 15) is 13.2 Å². The van der Waals surface area contributed by atoms with Gasteiger partial charge in [0.2, 0.25) is 0 Å². The third-order valence-corrected chi connectivity index (χ3v) is 5.52. The van der Waals surface area contributed by atoms with E-state index < -0.39 is 14.6 Å². The van der Waals surface area contributed by atoms with Crippen molar-refractivity contribution in [2.45, 2.75) is 50.3 Å². The number of nitrogens with one attached hydrogen (secondary N) is 2. The van der Waals surface area contributed by atoms with Crippen LogP contribution in [0, 0.1) is 0 Å². The molecule has 0 unspecified atom stereocenters. The van der Waals surface area contributed by atoms with Gasteiger partial charge in [-0.05, 0) is 26.7 Å². The summed E-state index contributed by atoms with van der Waals surface area (Å²) in [7, 11) is -3.17. The maximum Gasteiger partial charge on any atom is 0.315 e. The highest BCUT2D eigenvalue weighted by Gasteiger charge is 2.30. The lowest BCUT2D eigenvalue weighted by molar-refractivity contribution is 0.236. The lowest BCUT2D eigenvalue weighted by atomic mass is 10.2. The molecule has 100 valence electrons. The van der Waals surface area contributed by atoms with Gasteiger partial charge >= 0.3 is 6.03 Å². The van der Waals surface area contributed by atoms with Gasteiger partial charge in [0.1, 0.15) is 0 Å². The Hall–Kier alpha value is -0.780. The maximum atomic E-state index is 11.6. The van der Waals surface area contributed by atoms with Crippen molar-refractivity contribution >= 4 is 15.9 Å². The van der Waals surface area contributed by atoms with Crippen LogP contribution < -0.4 is 10.6 Å². The SMILES string of the molecule is CC(C)(CNC(=O)NC1CCCC1)S(C)(=O)=O. The van der Waals surface area contributed by atoms with Gasteiger partial charge in [-0.2, -0.15) is 0 Å². The molecule has 5 nitrogen and oxygen atoms in total. The van der Waals surface area contributed by atoms with Crippen LogP contribution in [-0.2, 0) is 9.84 Å². The van der Waals surface area contributed by atoms with Gasteiger partial charge in [0.25, 0.3) is 0 Å². The van der Waals surface area contributed by atoms with Crippen LogP contribution in [0.4, 0.5) is 4.79 Å². The molecule has 2 N–H and O–H groups in total. The second-order valence-electron chi connectivity index (χ2n) is 5.34. The first-order valence-corrected chi connectivity index (χ1v) is 7.85. The van der Waals surface area contributed by atoms with E-state index in [0.717, 1.165) is 25.7 Å². The van der Waals surface area contributed by atoms with Crippen molar-refractivity contribution in [1.29, 1.82) is 0 Å². The van der Waals surface area contributed by atoms with Crippen molar-refractivity contribution in [3.8, 4) is 0 Å². The molecule has 0 atom stereocenters. The Morgan fingerprint density at radius 3 is 2.29 bits per heavy atom. The van der Waals surface area contributed by atoms with Crippen LogP contribution in [0.2, 0.25) is 0 Å². The normalized spacial score (nSPS) is 18.1. The summed E-state index contributed by atoms with van der Waals surface area (Å²) in [4.78, 5) is 11.6. The van der Waals surface area contributed by atoms with Crippen molar-refractivity contribution in [3.63, 3.8) is 0 Å². The van der Waals surface area contributed by atoms with Gasteiger partial charge in [-0.3, -0.25) is 0 Å². The number of sulfone groups is 1. The maximum absolute atomic E-state index is 11.6. The summed E-state index contributed by atoms with van der Waals surface area (Å²) < 4.78 is 21.9. The monoisotopic (exact) mass is 262 g/mol. The average molecular weight is 262 g/mol. The van der Waals surface area contributed by atoms with Crippen molar-refractivity contribution in [2.75, 3.05) is 12.8 Å². The highest BCUT2D eigenvalue weighted by atomic mass is 32.2. The third-order valence-electron chi connectivity index (χ3n) is 3.37. The van der Waals surface area contributed by atoms with E-state index in [2.05, 4.69) is 10.6 Å². The molecule has 0 radical (unpaired) electrons. The molecule has 0 spiro atoms. The molecule has 6 heteroatoms. The molecule has 1 saturated carbocycles. The zero-order valence-electron chi connectivity index (χ0n) is 10.7. The predicted octanol–water partition coefficient (Wildman–Crippen LogP) is 1.05. The van der Waals surface area contributed by atoms with Crippen LogP contribution in [0.25, 0.3) is 0 Å². The van der Waals surface area contributed by atoms with E-state index in [4.69, 9.17) is 0 Å². The fourth-order valence-electron chi connectivity index (χ4n) is 1.73. The predicted molar refractivity (Wildman–Crippen MR) is 67.7 cm³/mol. The fourth-order valence-corrected chi connectivity index (χ4v) is 2.07. The van der Waals surface area contributed by atoms with Crippen LogP contribution in [0.15, 0.2) is 0 Å². The van der Waals surface area contributed by atoms with Crippen molar-refractivity contribution in [1.82, 2.24) is 10.6 Å². The summed E-state index contributed by atoms with van der Waals surface area (Å²) >= 11 is 0. The molecule has 0 heterocycles. The van der Waals surface area contributed by atoms with Crippen LogP contribution >= 0.6 is 0 Å². The Kier molecular flexibility index (Phi) is 4.41. The first kappa shape index (κ1) is 14.3. The Morgan fingerprint density at radius 1 is 1.29 bits per heavy atom. The first-order chi connectivity index (χ1) is 7.72. The molecule has 0 aliphatic heterocycles. The third kappa shape index (κ3) is 4.18. The Morgan fingerprint density at radius 2 is 1.82 bits per heavy atom. The summed E-state index contributed by atoms with van der Waals surface area (Å²) in [6.45, 7) is 3.35. The highest BCUT2D eigenvalue weighted by Crippen LogP contribution is 2.17. The van der Waals surface area contributed by atoms with Gasteiger partial charge in [-0.25, -0.2) is 13.2 Å². The van der Waals surface area contributed by atoms with E-state index in [-0.39, 0.29) is 18.6 Å². The molecular formula is C11H22N2O3S. The Bertz CT molecular complexity index is 370. The van der Waals surface area contributed by atoms with Crippen LogP contribution in [-0.4, -0.2) is 38.0 Å². The number of rotatable bonds is 4. The topological polar surface area (TPSA) is 75.3 Å². The number of amides is 2. The van der Waals surface area contributed by atoms with Crippen molar-refractivity contribution in [3.05, 3.63) is 0 Å². The molecule has 17 heavy (non-hydrogen) atoms. The van der Waals surface area contributed by atoms with E-state index >= 15 is 0 Å². The van der Waals surface area contributed by atoms with E-state index in [1.165, 1.54) is 6.26 Å². The van der Waals surface area contributed by atoms with Crippen LogP contribution in [0.3, 0.4) is 0 Å². The molecule has 1 fully saturated rings. The van der Waals surface area contributed by atoms with E-state index in [1.807, 2.05) is 0 Å². The van der Waals surface area contributed by atoms with Gasteiger partial charge in [-0.1, -0.05) is 12.8 Å². The molecule has 2 amide bonds. The van der Waals surface area contributed by atoms with Gasteiger partial charge < -0.3 is 10.6 Å². The minimum absolute atomic E-state index is 0.129.